The fourth-order valence-corrected chi connectivity index (χ4v) is 2.74. The van der Waals surface area contributed by atoms with Gasteiger partial charge >= 0.3 is 0 Å². The lowest BCUT2D eigenvalue weighted by Gasteiger charge is -2.29. The van der Waals surface area contributed by atoms with Crippen LogP contribution in [-0.2, 0) is 18.3 Å². The predicted octanol–water partition coefficient (Wildman–Crippen LogP) is 1.99. The maximum atomic E-state index is 12.1. The highest BCUT2D eigenvalue weighted by atomic mass is 127. The number of amides is 1. The van der Waals surface area contributed by atoms with Gasteiger partial charge in [-0.3, -0.25) is 4.79 Å². The Labute approximate surface area is 130 Å². The number of carbonyl (C=O) groups is 1. The molecule has 0 fully saturated rings. The molecule has 1 aromatic carbocycles. The number of aromatic nitrogens is 2. The Kier molecular flexibility index (Phi) is 3.64. The standard InChI is InChI=1S/C14H14IN3O2/c1-17-7-5-16-13(17)4-6-18-11-8-10(15)2-3-12(11)20-9-14(18)19/h2-3,5,7-8H,4,6,9H2,1H3. The van der Waals surface area contributed by atoms with E-state index in [-0.39, 0.29) is 12.5 Å². The van der Waals surface area contributed by atoms with Gasteiger partial charge in [-0.1, -0.05) is 0 Å². The Morgan fingerprint density at radius 3 is 3.05 bits per heavy atom. The molecule has 2 heterocycles. The van der Waals surface area contributed by atoms with Gasteiger partial charge in [0.1, 0.15) is 11.6 Å². The second-order valence-corrected chi connectivity index (χ2v) is 5.90. The molecule has 2 aromatic rings. The first-order valence-electron chi connectivity index (χ1n) is 6.34. The zero-order chi connectivity index (χ0) is 14.1. The number of anilines is 1. The fourth-order valence-electron chi connectivity index (χ4n) is 2.27. The molecule has 3 rings (SSSR count). The number of aryl methyl sites for hydroxylation is 1. The summed E-state index contributed by atoms with van der Waals surface area (Å²) in [6.45, 7) is 0.717. The second kappa shape index (κ2) is 5.43. The molecule has 1 amide bonds. The number of fused-ring (bicyclic) bond motifs is 1. The highest BCUT2D eigenvalue weighted by molar-refractivity contribution is 14.1. The third-order valence-electron chi connectivity index (χ3n) is 3.34. The maximum absolute atomic E-state index is 12.1. The van der Waals surface area contributed by atoms with Crippen LogP contribution in [0.2, 0.25) is 0 Å². The minimum atomic E-state index is -0.00582. The van der Waals surface area contributed by atoms with Crippen LogP contribution in [0.25, 0.3) is 0 Å². The van der Waals surface area contributed by atoms with E-state index in [1.54, 1.807) is 11.1 Å². The number of ether oxygens (including phenoxy) is 1. The Morgan fingerprint density at radius 1 is 1.45 bits per heavy atom. The number of rotatable bonds is 3. The van der Waals surface area contributed by atoms with Gasteiger partial charge in [-0.2, -0.15) is 0 Å². The van der Waals surface area contributed by atoms with Crippen molar-refractivity contribution in [2.45, 2.75) is 6.42 Å². The highest BCUT2D eigenvalue weighted by Gasteiger charge is 2.25. The summed E-state index contributed by atoms with van der Waals surface area (Å²) < 4.78 is 8.52. The Bertz CT molecular complexity index is 654. The molecule has 0 aliphatic carbocycles. The van der Waals surface area contributed by atoms with E-state index in [4.69, 9.17) is 4.74 Å². The molecule has 1 aliphatic heterocycles. The van der Waals surface area contributed by atoms with E-state index in [9.17, 15) is 4.79 Å². The van der Waals surface area contributed by atoms with Crippen LogP contribution in [-0.4, -0.2) is 28.6 Å². The second-order valence-electron chi connectivity index (χ2n) is 4.65. The van der Waals surface area contributed by atoms with Crippen molar-refractivity contribution in [3.8, 4) is 5.75 Å². The molecule has 5 nitrogen and oxygen atoms in total. The van der Waals surface area contributed by atoms with Gasteiger partial charge in [-0.15, -0.1) is 0 Å². The predicted molar refractivity (Wildman–Crippen MR) is 83.9 cm³/mol. The molecule has 0 saturated heterocycles. The summed E-state index contributed by atoms with van der Waals surface area (Å²) in [7, 11) is 1.96. The van der Waals surface area contributed by atoms with Crippen molar-refractivity contribution in [1.82, 2.24) is 9.55 Å². The molecule has 0 saturated carbocycles. The molecule has 6 heteroatoms. The first kappa shape index (κ1) is 13.4. The fraction of sp³-hybridized carbons (Fsp3) is 0.286. The average molecular weight is 383 g/mol. The number of carbonyl (C=O) groups excluding carboxylic acids is 1. The molecule has 0 spiro atoms. The van der Waals surface area contributed by atoms with E-state index in [0.717, 1.165) is 27.3 Å². The highest BCUT2D eigenvalue weighted by Crippen LogP contribution is 2.33. The van der Waals surface area contributed by atoms with Crippen LogP contribution in [0.1, 0.15) is 5.82 Å². The first-order valence-corrected chi connectivity index (χ1v) is 7.42. The van der Waals surface area contributed by atoms with Gasteiger partial charge in [0.15, 0.2) is 6.61 Å². The Hall–Kier alpha value is -1.57. The van der Waals surface area contributed by atoms with E-state index in [0.29, 0.717) is 6.54 Å². The van der Waals surface area contributed by atoms with Gasteiger partial charge in [0.25, 0.3) is 5.91 Å². The number of halogens is 1. The minimum absolute atomic E-state index is 0.00582. The quantitative estimate of drug-likeness (QED) is 0.762. The number of hydrogen-bond acceptors (Lipinski definition) is 3. The van der Waals surface area contributed by atoms with Crippen molar-refractivity contribution in [3.05, 3.63) is 40.0 Å². The molecule has 20 heavy (non-hydrogen) atoms. The summed E-state index contributed by atoms with van der Waals surface area (Å²) in [6.07, 6.45) is 4.40. The van der Waals surface area contributed by atoms with Gasteiger partial charge in [0, 0.05) is 36.0 Å². The minimum Gasteiger partial charge on any atom is -0.482 e. The topological polar surface area (TPSA) is 47.4 Å². The van der Waals surface area contributed by atoms with Crippen LogP contribution in [0.4, 0.5) is 5.69 Å². The third-order valence-corrected chi connectivity index (χ3v) is 4.01. The monoisotopic (exact) mass is 383 g/mol. The molecular weight excluding hydrogens is 369 g/mol. The normalized spacial score (nSPS) is 14.1. The average Bonchev–Trinajstić information content (AvgIpc) is 2.83. The SMILES string of the molecule is Cn1ccnc1CCN1C(=O)COc2ccc(I)cc21. The van der Waals surface area contributed by atoms with E-state index in [1.807, 2.05) is 36.0 Å². The van der Waals surface area contributed by atoms with Gasteiger partial charge in [0.2, 0.25) is 0 Å². The lowest BCUT2D eigenvalue weighted by atomic mass is 10.2. The zero-order valence-corrected chi connectivity index (χ0v) is 13.2. The zero-order valence-electron chi connectivity index (χ0n) is 11.0. The van der Waals surface area contributed by atoms with Crippen molar-refractivity contribution in [2.75, 3.05) is 18.1 Å². The third kappa shape index (κ3) is 2.52. The van der Waals surface area contributed by atoms with Gasteiger partial charge in [-0.25, -0.2) is 4.98 Å². The van der Waals surface area contributed by atoms with E-state index in [1.165, 1.54) is 0 Å². The number of hydrogen-bond donors (Lipinski definition) is 0. The molecule has 0 atom stereocenters. The van der Waals surface area contributed by atoms with Gasteiger partial charge in [-0.05, 0) is 40.8 Å². The molecule has 0 unspecified atom stereocenters. The van der Waals surface area contributed by atoms with Crippen molar-refractivity contribution < 1.29 is 9.53 Å². The molecule has 104 valence electrons. The number of imidazole rings is 1. The van der Waals surface area contributed by atoms with Crippen molar-refractivity contribution in [3.63, 3.8) is 0 Å². The van der Waals surface area contributed by atoms with Crippen LogP contribution < -0.4 is 9.64 Å². The summed E-state index contributed by atoms with van der Waals surface area (Å²) in [5.74, 6) is 1.73. The van der Waals surface area contributed by atoms with E-state index >= 15 is 0 Å². The summed E-state index contributed by atoms with van der Waals surface area (Å²) in [6, 6.07) is 5.87. The van der Waals surface area contributed by atoms with Crippen molar-refractivity contribution in [2.24, 2.45) is 7.05 Å². The Morgan fingerprint density at radius 2 is 2.30 bits per heavy atom. The molecule has 0 radical (unpaired) electrons. The van der Waals surface area contributed by atoms with E-state index < -0.39 is 0 Å². The smallest absolute Gasteiger partial charge is 0.265 e. The van der Waals surface area contributed by atoms with Gasteiger partial charge < -0.3 is 14.2 Å². The van der Waals surface area contributed by atoms with Crippen LogP contribution in [0, 0.1) is 3.57 Å². The number of nitrogens with zero attached hydrogens (tertiary/aromatic N) is 3. The van der Waals surface area contributed by atoms with Crippen LogP contribution >= 0.6 is 22.6 Å². The van der Waals surface area contributed by atoms with Crippen molar-refractivity contribution in [1.29, 1.82) is 0 Å². The molecule has 1 aliphatic rings. The molecule has 0 bridgehead atoms. The molecule has 1 aromatic heterocycles. The van der Waals surface area contributed by atoms with Crippen molar-refractivity contribution >= 4 is 34.2 Å². The molecular formula is C14H14IN3O2. The maximum Gasteiger partial charge on any atom is 0.265 e. The van der Waals surface area contributed by atoms with Crippen LogP contribution in [0.3, 0.4) is 0 Å². The first-order chi connectivity index (χ1) is 9.65. The molecule has 0 N–H and O–H groups in total. The van der Waals surface area contributed by atoms with Gasteiger partial charge in [0.05, 0.1) is 5.69 Å². The number of benzene rings is 1. The summed E-state index contributed by atoms with van der Waals surface area (Å²) in [5.41, 5.74) is 0.849. The lowest BCUT2D eigenvalue weighted by Crippen LogP contribution is -2.40. The largest absolute Gasteiger partial charge is 0.482 e. The van der Waals surface area contributed by atoms with Crippen LogP contribution in [0.5, 0.6) is 5.75 Å². The summed E-state index contributed by atoms with van der Waals surface area (Å²) in [5, 5.41) is 0. The van der Waals surface area contributed by atoms with Crippen LogP contribution in [0.15, 0.2) is 30.6 Å². The summed E-state index contributed by atoms with van der Waals surface area (Å²) >= 11 is 2.24. The van der Waals surface area contributed by atoms with E-state index in [2.05, 4.69) is 27.6 Å². The lowest BCUT2D eigenvalue weighted by molar-refractivity contribution is -0.121. The summed E-state index contributed by atoms with van der Waals surface area (Å²) in [4.78, 5) is 18.2. The Balaban J connectivity index is 1.84.